The number of amides is 1. The van der Waals surface area contributed by atoms with E-state index in [9.17, 15) is 18.0 Å². The van der Waals surface area contributed by atoms with Crippen LogP contribution in [0.5, 0.6) is 0 Å². The minimum absolute atomic E-state index is 0.216. The maximum Gasteiger partial charge on any atom is 0.264 e. The normalized spacial score (nSPS) is 14.1. The van der Waals surface area contributed by atoms with Crippen molar-refractivity contribution in [3.8, 4) is 0 Å². The van der Waals surface area contributed by atoms with E-state index in [0.717, 1.165) is 17.8 Å². The third-order valence-electron chi connectivity index (χ3n) is 3.03. The van der Waals surface area contributed by atoms with Crippen LogP contribution in [0.3, 0.4) is 0 Å². The van der Waals surface area contributed by atoms with Crippen molar-refractivity contribution in [2.45, 2.75) is 31.3 Å². The van der Waals surface area contributed by atoms with E-state index >= 15 is 0 Å². The molecular weight excluding hydrogens is 374 g/mol. The average Bonchev–Trinajstić information content (AvgIpc) is 2.52. The summed E-state index contributed by atoms with van der Waals surface area (Å²) < 4.78 is 29.9. The molecule has 0 aliphatic carbocycles. The summed E-state index contributed by atoms with van der Waals surface area (Å²) in [5.41, 5.74) is 5.65. The second-order valence-electron chi connectivity index (χ2n) is 5.08. The van der Waals surface area contributed by atoms with E-state index in [1.54, 1.807) is 23.5 Å². The van der Waals surface area contributed by atoms with Gasteiger partial charge in [-0.3, -0.25) is 14.8 Å². The largest absolute Gasteiger partial charge is 0.345 e. The molecule has 0 spiro atoms. The van der Waals surface area contributed by atoms with Crippen LogP contribution in [0.4, 0.5) is 0 Å². The van der Waals surface area contributed by atoms with Crippen molar-refractivity contribution < 1.29 is 22.6 Å². The van der Waals surface area contributed by atoms with E-state index in [-0.39, 0.29) is 24.6 Å². The van der Waals surface area contributed by atoms with E-state index in [2.05, 4.69) is 16.2 Å². The van der Waals surface area contributed by atoms with Crippen molar-refractivity contribution in [2.75, 3.05) is 36.3 Å². The van der Waals surface area contributed by atoms with Crippen LogP contribution in [-0.2, 0) is 19.7 Å². The molecule has 1 amide bonds. The Morgan fingerprint density at radius 1 is 1.21 bits per heavy atom. The van der Waals surface area contributed by atoms with Crippen molar-refractivity contribution in [1.29, 1.82) is 0 Å². The van der Waals surface area contributed by atoms with Gasteiger partial charge in [0, 0.05) is 6.54 Å². The first-order chi connectivity index (χ1) is 11.3. The summed E-state index contributed by atoms with van der Waals surface area (Å²) in [6.45, 7) is 0.284. The Bertz CT molecular complexity index is 462. The molecule has 0 saturated heterocycles. The van der Waals surface area contributed by atoms with Crippen LogP contribution in [0, 0.1) is 0 Å². The van der Waals surface area contributed by atoms with Gasteiger partial charge in [-0.15, -0.1) is 0 Å². The molecule has 0 aromatic rings. The molecule has 0 aromatic heterocycles. The lowest BCUT2D eigenvalue weighted by Gasteiger charge is -2.21. The van der Waals surface area contributed by atoms with Gasteiger partial charge in [-0.2, -0.15) is 31.9 Å². The van der Waals surface area contributed by atoms with Crippen LogP contribution in [0.1, 0.15) is 19.3 Å². The molecule has 8 nitrogen and oxygen atoms in total. The molecule has 0 fully saturated rings. The predicted octanol–water partition coefficient (Wildman–Crippen LogP) is -0.0830. The number of hydrogen-bond acceptors (Lipinski definition) is 8. The molecule has 11 heteroatoms. The molecule has 0 aliphatic rings. The van der Waals surface area contributed by atoms with Gasteiger partial charge in [0.25, 0.3) is 10.1 Å². The van der Waals surface area contributed by atoms with Crippen LogP contribution >= 0.6 is 23.5 Å². The second kappa shape index (κ2) is 13.9. The molecule has 0 rings (SSSR count). The Morgan fingerprint density at radius 3 is 2.38 bits per heavy atom. The molecule has 0 radical (unpaired) electrons. The summed E-state index contributed by atoms with van der Waals surface area (Å²) in [5.74, 6) is 0.921. The minimum atomic E-state index is -3.97. The Balaban J connectivity index is 4.35. The fourth-order valence-electron chi connectivity index (χ4n) is 1.75. The Kier molecular flexibility index (Phi) is 13.7. The number of aldehydes is 1. The quantitative estimate of drug-likeness (QED) is 0.129. The van der Waals surface area contributed by atoms with Gasteiger partial charge in [-0.25, -0.2) is 5.43 Å². The smallest absolute Gasteiger partial charge is 0.264 e. The van der Waals surface area contributed by atoms with Crippen molar-refractivity contribution >= 4 is 45.8 Å². The number of hydrazine groups is 1. The molecule has 2 atom stereocenters. The van der Waals surface area contributed by atoms with Crippen LogP contribution in [-0.4, -0.2) is 73.6 Å². The van der Waals surface area contributed by atoms with Gasteiger partial charge < -0.3 is 10.1 Å². The van der Waals surface area contributed by atoms with Gasteiger partial charge in [-0.1, -0.05) is 0 Å². The number of nitrogens with one attached hydrogen (secondary N) is 3. The predicted molar refractivity (Wildman–Crippen MR) is 100.0 cm³/mol. The SMILES string of the molecule is CSCC[C@@H](C=O)NC(=O)[C@H](CCSC)NNCCCS(=O)(=O)O. The summed E-state index contributed by atoms with van der Waals surface area (Å²) in [6, 6.07) is -1.04. The first kappa shape index (κ1) is 23.7. The minimum Gasteiger partial charge on any atom is -0.345 e. The maximum atomic E-state index is 12.3. The van der Waals surface area contributed by atoms with Crippen LogP contribution in [0.15, 0.2) is 0 Å². The number of thioether (sulfide) groups is 2. The van der Waals surface area contributed by atoms with E-state index in [1.165, 1.54) is 0 Å². The highest BCUT2D eigenvalue weighted by molar-refractivity contribution is 7.98. The summed E-state index contributed by atoms with van der Waals surface area (Å²) in [7, 11) is -3.97. The van der Waals surface area contributed by atoms with Crippen LogP contribution in [0.25, 0.3) is 0 Å². The summed E-state index contributed by atoms with van der Waals surface area (Å²) in [5, 5.41) is 2.71. The number of hydrogen-bond donors (Lipinski definition) is 4. The topological polar surface area (TPSA) is 125 Å². The lowest BCUT2D eigenvalue weighted by molar-refractivity contribution is -0.126. The van der Waals surface area contributed by atoms with Crippen molar-refractivity contribution in [2.24, 2.45) is 0 Å². The Hall–Kier alpha value is -0.330. The fraction of sp³-hybridized carbons (Fsp3) is 0.846. The van der Waals surface area contributed by atoms with Crippen molar-refractivity contribution in [3.63, 3.8) is 0 Å². The third kappa shape index (κ3) is 13.0. The van der Waals surface area contributed by atoms with Gasteiger partial charge >= 0.3 is 0 Å². The molecule has 4 N–H and O–H groups in total. The van der Waals surface area contributed by atoms with Crippen LogP contribution in [0.2, 0.25) is 0 Å². The summed E-state index contributed by atoms with van der Waals surface area (Å²) in [4.78, 5) is 23.3. The summed E-state index contributed by atoms with van der Waals surface area (Å²) in [6.07, 6.45) is 5.96. The average molecular weight is 402 g/mol. The molecular formula is C13H27N3O5S3. The van der Waals surface area contributed by atoms with Gasteiger partial charge in [-0.05, 0) is 43.3 Å². The molecule has 0 unspecified atom stereocenters. The molecule has 0 bridgehead atoms. The zero-order chi connectivity index (χ0) is 18.4. The third-order valence-corrected chi connectivity index (χ3v) is 5.12. The van der Waals surface area contributed by atoms with Gasteiger partial charge in [0.2, 0.25) is 5.91 Å². The lowest BCUT2D eigenvalue weighted by Crippen LogP contribution is -2.53. The molecule has 24 heavy (non-hydrogen) atoms. The highest BCUT2D eigenvalue weighted by Crippen LogP contribution is 2.03. The second-order valence-corrected chi connectivity index (χ2v) is 8.62. The van der Waals surface area contributed by atoms with Gasteiger partial charge in [0.05, 0.1) is 11.8 Å². The summed E-state index contributed by atoms with van der Waals surface area (Å²) >= 11 is 3.20. The number of carbonyl (C=O) groups is 2. The van der Waals surface area contributed by atoms with Gasteiger partial charge in [0.1, 0.15) is 12.3 Å². The molecule has 0 heterocycles. The molecule has 142 valence electrons. The standard InChI is InChI=1S/C13H27N3O5S3/c1-22-7-4-11(10-17)15-13(18)12(5-8-23-2)16-14-6-3-9-24(19,20)21/h10-12,14,16H,3-9H2,1-2H3,(H,15,18)(H,19,20,21)/t11-,12-/m0/s1. The van der Waals surface area contributed by atoms with Crippen LogP contribution < -0.4 is 16.2 Å². The highest BCUT2D eigenvalue weighted by Gasteiger charge is 2.20. The van der Waals surface area contributed by atoms with Crippen molar-refractivity contribution in [1.82, 2.24) is 16.2 Å². The molecule has 0 saturated carbocycles. The molecule has 0 aliphatic heterocycles. The monoisotopic (exact) mass is 401 g/mol. The first-order valence-corrected chi connectivity index (χ1v) is 11.9. The van der Waals surface area contributed by atoms with E-state index < -0.39 is 22.2 Å². The van der Waals surface area contributed by atoms with E-state index in [4.69, 9.17) is 4.55 Å². The Labute approximate surface area is 152 Å². The van der Waals surface area contributed by atoms with Crippen molar-refractivity contribution in [3.05, 3.63) is 0 Å². The maximum absolute atomic E-state index is 12.3. The first-order valence-electron chi connectivity index (χ1n) is 7.51. The highest BCUT2D eigenvalue weighted by atomic mass is 32.2. The van der Waals surface area contributed by atoms with E-state index in [1.807, 2.05) is 12.5 Å². The molecule has 0 aromatic carbocycles. The fourth-order valence-corrected chi connectivity index (χ4v) is 3.22. The zero-order valence-corrected chi connectivity index (χ0v) is 16.4. The number of rotatable bonds is 15. The Morgan fingerprint density at radius 2 is 1.83 bits per heavy atom. The zero-order valence-electron chi connectivity index (χ0n) is 14.0. The van der Waals surface area contributed by atoms with E-state index in [0.29, 0.717) is 12.8 Å². The number of carbonyl (C=O) groups excluding carboxylic acids is 2. The lowest BCUT2D eigenvalue weighted by atomic mass is 10.2. The van der Waals surface area contributed by atoms with Gasteiger partial charge in [0.15, 0.2) is 0 Å².